The minimum Gasteiger partial charge on any atom is -0.469 e. The normalized spacial score (nSPS) is 12.3. The van der Waals surface area contributed by atoms with E-state index in [1.807, 2.05) is 38.1 Å². The van der Waals surface area contributed by atoms with Crippen LogP contribution in [0.2, 0.25) is 5.02 Å². The van der Waals surface area contributed by atoms with Crippen LogP contribution < -0.4 is 5.32 Å². The summed E-state index contributed by atoms with van der Waals surface area (Å²) in [6.07, 6.45) is 0. The Bertz CT molecular complexity index is 379. The molecule has 0 amide bonds. The zero-order chi connectivity index (χ0) is 12.8. The summed E-state index contributed by atoms with van der Waals surface area (Å²) in [5.74, 6) is -0.145. The maximum atomic E-state index is 11.6. The average molecular weight is 256 g/mol. The van der Waals surface area contributed by atoms with Gasteiger partial charge in [0.05, 0.1) is 23.7 Å². The van der Waals surface area contributed by atoms with Crippen molar-refractivity contribution in [3.63, 3.8) is 0 Å². The van der Waals surface area contributed by atoms with Crippen LogP contribution in [0.25, 0.3) is 0 Å². The van der Waals surface area contributed by atoms with Gasteiger partial charge in [0.15, 0.2) is 0 Å². The minimum atomic E-state index is -0.195. The smallest absolute Gasteiger partial charge is 0.310 e. The van der Waals surface area contributed by atoms with E-state index in [4.69, 9.17) is 16.3 Å². The molecule has 94 valence electrons. The molecular weight excluding hydrogens is 238 g/mol. The Labute approximate surface area is 107 Å². The van der Waals surface area contributed by atoms with Gasteiger partial charge < -0.3 is 10.1 Å². The summed E-state index contributed by atoms with van der Waals surface area (Å²) in [4.78, 5) is 11.6. The summed E-state index contributed by atoms with van der Waals surface area (Å²) in [5.41, 5.74) is 0.837. The Morgan fingerprint density at radius 3 is 2.59 bits per heavy atom. The summed E-state index contributed by atoms with van der Waals surface area (Å²) < 4.78 is 4.78. The van der Waals surface area contributed by atoms with Crippen molar-refractivity contribution in [2.45, 2.75) is 13.8 Å². The van der Waals surface area contributed by atoms with Crippen molar-refractivity contribution in [2.24, 2.45) is 11.8 Å². The van der Waals surface area contributed by atoms with Crippen LogP contribution in [0.5, 0.6) is 0 Å². The lowest BCUT2D eigenvalue weighted by molar-refractivity contribution is -0.146. The molecule has 0 spiro atoms. The van der Waals surface area contributed by atoms with Crippen molar-refractivity contribution in [3.05, 3.63) is 29.3 Å². The Kier molecular flexibility index (Phi) is 5.29. The first-order valence-electron chi connectivity index (χ1n) is 5.62. The molecule has 3 nitrogen and oxygen atoms in total. The molecule has 1 N–H and O–H groups in total. The average Bonchev–Trinajstić information content (AvgIpc) is 2.30. The molecule has 0 aliphatic heterocycles. The van der Waals surface area contributed by atoms with Crippen LogP contribution in [0.4, 0.5) is 5.69 Å². The number of hydrogen-bond donors (Lipinski definition) is 1. The largest absolute Gasteiger partial charge is 0.469 e. The predicted octanol–water partition coefficient (Wildman–Crippen LogP) is 3.20. The molecule has 0 radical (unpaired) electrons. The second kappa shape index (κ2) is 6.50. The summed E-state index contributed by atoms with van der Waals surface area (Å²) in [7, 11) is 1.41. The van der Waals surface area contributed by atoms with Gasteiger partial charge in [-0.1, -0.05) is 37.6 Å². The second-order valence-electron chi connectivity index (χ2n) is 4.23. The Balaban J connectivity index is 2.64. The molecule has 0 heterocycles. The van der Waals surface area contributed by atoms with Gasteiger partial charge in [-0.15, -0.1) is 0 Å². The van der Waals surface area contributed by atoms with Crippen LogP contribution in [0.1, 0.15) is 13.8 Å². The zero-order valence-electron chi connectivity index (χ0n) is 10.4. The lowest BCUT2D eigenvalue weighted by Crippen LogP contribution is -2.28. The van der Waals surface area contributed by atoms with Crippen molar-refractivity contribution in [1.82, 2.24) is 0 Å². The Morgan fingerprint density at radius 2 is 2.06 bits per heavy atom. The molecule has 17 heavy (non-hydrogen) atoms. The first-order chi connectivity index (χ1) is 8.06. The van der Waals surface area contributed by atoms with Gasteiger partial charge in [0, 0.05) is 6.54 Å². The van der Waals surface area contributed by atoms with Gasteiger partial charge in [0.25, 0.3) is 0 Å². The van der Waals surface area contributed by atoms with E-state index < -0.39 is 0 Å². The number of anilines is 1. The molecule has 1 aromatic carbocycles. The van der Waals surface area contributed by atoms with Gasteiger partial charge in [-0.05, 0) is 18.1 Å². The first-order valence-corrected chi connectivity index (χ1v) is 6.00. The van der Waals surface area contributed by atoms with E-state index >= 15 is 0 Å². The van der Waals surface area contributed by atoms with Gasteiger partial charge in [0.2, 0.25) is 0 Å². The van der Waals surface area contributed by atoms with Crippen molar-refractivity contribution in [1.29, 1.82) is 0 Å². The molecule has 0 aliphatic rings. The van der Waals surface area contributed by atoms with E-state index in [1.54, 1.807) is 0 Å². The van der Waals surface area contributed by atoms with E-state index in [0.717, 1.165) is 5.69 Å². The fourth-order valence-electron chi connectivity index (χ4n) is 1.57. The fraction of sp³-hybridized carbons (Fsp3) is 0.462. The van der Waals surface area contributed by atoms with Crippen LogP contribution in [0.15, 0.2) is 24.3 Å². The zero-order valence-corrected chi connectivity index (χ0v) is 11.1. The molecule has 0 bridgehead atoms. The fourth-order valence-corrected chi connectivity index (χ4v) is 1.77. The number of nitrogens with one attached hydrogen (secondary N) is 1. The highest BCUT2D eigenvalue weighted by molar-refractivity contribution is 6.33. The maximum absolute atomic E-state index is 11.6. The summed E-state index contributed by atoms with van der Waals surface area (Å²) in [5, 5.41) is 3.83. The SMILES string of the molecule is COC(=O)C(CNc1ccccc1Cl)C(C)C. The number of benzene rings is 1. The molecule has 4 heteroatoms. The second-order valence-corrected chi connectivity index (χ2v) is 4.64. The number of esters is 1. The summed E-state index contributed by atoms with van der Waals surface area (Å²) >= 11 is 6.02. The van der Waals surface area contributed by atoms with Crippen LogP contribution in [0.3, 0.4) is 0 Å². The van der Waals surface area contributed by atoms with Gasteiger partial charge in [-0.3, -0.25) is 4.79 Å². The molecule has 0 aromatic heterocycles. The number of para-hydroxylation sites is 1. The maximum Gasteiger partial charge on any atom is 0.310 e. The number of rotatable bonds is 5. The molecule has 0 saturated heterocycles. The standard InChI is InChI=1S/C13H18ClNO2/c1-9(2)10(13(16)17-3)8-15-12-7-5-4-6-11(12)14/h4-7,9-10,15H,8H2,1-3H3. The summed E-state index contributed by atoms with van der Waals surface area (Å²) in [6, 6.07) is 7.47. The Hall–Kier alpha value is -1.22. The van der Waals surface area contributed by atoms with E-state index in [2.05, 4.69) is 5.32 Å². The number of methoxy groups -OCH3 is 1. The van der Waals surface area contributed by atoms with Crippen molar-refractivity contribution >= 4 is 23.3 Å². The van der Waals surface area contributed by atoms with E-state index in [1.165, 1.54) is 7.11 Å². The van der Waals surface area contributed by atoms with Crippen LogP contribution in [-0.4, -0.2) is 19.6 Å². The lowest BCUT2D eigenvalue weighted by atomic mass is 9.96. The Morgan fingerprint density at radius 1 is 1.41 bits per heavy atom. The van der Waals surface area contributed by atoms with Crippen molar-refractivity contribution in [2.75, 3.05) is 19.0 Å². The van der Waals surface area contributed by atoms with Gasteiger partial charge in [-0.25, -0.2) is 0 Å². The molecule has 0 saturated carbocycles. The summed E-state index contributed by atoms with van der Waals surface area (Å²) in [6.45, 7) is 4.51. The van der Waals surface area contributed by atoms with Crippen LogP contribution >= 0.6 is 11.6 Å². The number of ether oxygens (including phenoxy) is 1. The monoisotopic (exact) mass is 255 g/mol. The van der Waals surface area contributed by atoms with Gasteiger partial charge in [0.1, 0.15) is 0 Å². The third kappa shape index (κ3) is 3.93. The lowest BCUT2D eigenvalue weighted by Gasteiger charge is -2.19. The number of halogens is 1. The predicted molar refractivity (Wildman–Crippen MR) is 70.3 cm³/mol. The van der Waals surface area contributed by atoms with E-state index in [-0.39, 0.29) is 17.8 Å². The quantitative estimate of drug-likeness (QED) is 0.822. The van der Waals surface area contributed by atoms with Crippen molar-refractivity contribution < 1.29 is 9.53 Å². The van der Waals surface area contributed by atoms with Crippen LogP contribution in [-0.2, 0) is 9.53 Å². The molecule has 0 fully saturated rings. The minimum absolute atomic E-state index is 0.170. The highest BCUT2D eigenvalue weighted by Crippen LogP contribution is 2.22. The van der Waals surface area contributed by atoms with E-state index in [0.29, 0.717) is 11.6 Å². The van der Waals surface area contributed by atoms with Crippen LogP contribution in [0, 0.1) is 11.8 Å². The highest BCUT2D eigenvalue weighted by atomic mass is 35.5. The molecule has 1 aromatic rings. The number of carbonyl (C=O) groups excluding carboxylic acids is 1. The third-order valence-corrected chi connectivity index (χ3v) is 3.02. The molecule has 0 aliphatic carbocycles. The highest BCUT2D eigenvalue weighted by Gasteiger charge is 2.22. The van der Waals surface area contributed by atoms with Gasteiger partial charge >= 0.3 is 5.97 Å². The van der Waals surface area contributed by atoms with Crippen molar-refractivity contribution in [3.8, 4) is 0 Å². The molecule has 1 rings (SSSR count). The third-order valence-electron chi connectivity index (χ3n) is 2.69. The van der Waals surface area contributed by atoms with Gasteiger partial charge in [-0.2, -0.15) is 0 Å². The number of carbonyl (C=O) groups is 1. The molecular formula is C13H18ClNO2. The molecule has 1 unspecified atom stereocenters. The topological polar surface area (TPSA) is 38.3 Å². The number of hydrogen-bond acceptors (Lipinski definition) is 3. The molecule has 1 atom stereocenters. The first kappa shape index (κ1) is 13.8. The van der Waals surface area contributed by atoms with E-state index in [9.17, 15) is 4.79 Å².